The van der Waals surface area contributed by atoms with Crippen LogP contribution in [0.1, 0.15) is 29.6 Å². The van der Waals surface area contributed by atoms with E-state index < -0.39 is 18.0 Å². The lowest BCUT2D eigenvalue weighted by atomic mass is 10.2. The second kappa shape index (κ2) is 4.88. The minimum Gasteiger partial charge on any atom is -0.489 e. The lowest BCUT2D eigenvalue weighted by Crippen LogP contribution is -2.17. The van der Waals surface area contributed by atoms with Crippen molar-refractivity contribution in [3.8, 4) is 5.75 Å². The number of alkyl halides is 2. The van der Waals surface area contributed by atoms with E-state index in [2.05, 4.69) is 9.72 Å². The Morgan fingerprint density at radius 3 is 2.89 bits per heavy atom. The Morgan fingerprint density at radius 1 is 1.50 bits per heavy atom. The van der Waals surface area contributed by atoms with Crippen molar-refractivity contribution in [1.29, 1.82) is 0 Å². The summed E-state index contributed by atoms with van der Waals surface area (Å²) >= 11 is 0. The third kappa shape index (κ3) is 2.94. The van der Waals surface area contributed by atoms with Crippen molar-refractivity contribution >= 4 is 5.97 Å². The van der Waals surface area contributed by atoms with Gasteiger partial charge < -0.3 is 9.47 Å². The molecule has 1 aromatic rings. The Balaban J connectivity index is 2.04. The van der Waals surface area contributed by atoms with Crippen LogP contribution in [0.5, 0.6) is 5.75 Å². The molecule has 0 spiro atoms. The van der Waals surface area contributed by atoms with E-state index in [0.717, 1.165) is 0 Å². The molecule has 0 aliphatic heterocycles. The summed E-state index contributed by atoms with van der Waals surface area (Å²) < 4.78 is 35.9. The molecular formula is C12H13F2NO3. The molecule has 6 heteroatoms. The Labute approximate surface area is 103 Å². The topological polar surface area (TPSA) is 48.4 Å². The van der Waals surface area contributed by atoms with Crippen molar-refractivity contribution in [3.63, 3.8) is 0 Å². The fraction of sp³-hybridized carbons (Fsp3) is 0.500. The molecule has 0 unspecified atom stereocenters. The van der Waals surface area contributed by atoms with Crippen molar-refractivity contribution < 1.29 is 23.0 Å². The number of methoxy groups -OCH3 is 1. The molecule has 0 N–H and O–H groups in total. The first kappa shape index (κ1) is 12.7. The molecule has 1 fully saturated rings. The van der Waals surface area contributed by atoms with Gasteiger partial charge in [0.1, 0.15) is 11.9 Å². The van der Waals surface area contributed by atoms with Crippen LogP contribution < -0.4 is 4.74 Å². The lowest BCUT2D eigenvalue weighted by molar-refractivity contribution is -0.00112. The standard InChI is InChI=1S/C12H13F2NO3/c1-17-11(16)8-4-10(7-15-6-8)18-9-2-3-12(13,14)5-9/h4,6-7,9H,2-3,5H2,1H3/t9-/m0/s1. The van der Waals surface area contributed by atoms with E-state index in [4.69, 9.17) is 4.74 Å². The molecule has 1 saturated carbocycles. The van der Waals surface area contributed by atoms with Crippen LogP contribution in [0.2, 0.25) is 0 Å². The number of nitrogens with zero attached hydrogens (tertiary/aromatic N) is 1. The summed E-state index contributed by atoms with van der Waals surface area (Å²) in [5.74, 6) is -2.89. The molecule has 4 nitrogen and oxygen atoms in total. The van der Waals surface area contributed by atoms with Crippen molar-refractivity contribution in [3.05, 3.63) is 24.0 Å². The van der Waals surface area contributed by atoms with Gasteiger partial charge in [-0.15, -0.1) is 0 Å². The molecule has 0 radical (unpaired) electrons. The van der Waals surface area contributed by atoms with Crippen LogP contribution in [0.25, 0.3) is 0 Å². The highest BCUT2D eigenvalue weighted by Crippen LogP contribution is 2.36. The molecule has 0 bridgehead atoms. The number of hydrogen-bond donors (Lipinski definition) is 0. The number of rotatable bonds is 3. The van der Waals surface area contributed by atoms with Crippen LogP contribution >= 0.6 is 0 Å². The second-order valence-electron chi connectivity index (χ2n) is 4.24. The zero-order valence-electron chi connectivity index (χ0n) is 9.86. The molecule has 1 aromatic heterocycles. The molecule has 18 heavy (non-hydrogen) atoms. The molecule has 2 rings (SSSR count). The van der Waals surface area contributed by atoms with Crippen LogP contribution in [0.15, 0.2) is 18.5 Å². The van der Waals surface area contributed by atoms with Crippen LogP contribution in [0.3, 0.4) is 0 Å². The first-order valence-corrected chi connectivity index (χ1v) is 5.58. The molecule has 1 aliphatic carbocycles. The molecule has 0 amide bonds. The van der Waals surface area contributed by atoms with Crippen molar-refractivity contribution in [2.45, 2.75) is 31.3 Å². The maximum Gasteiger partial charge on any atom is 0.339 e. The molecule has 98 valence electrons. The van der Waals surface area contributed by atoms with Crippen LogP contribution in [0.4, 0.5) is 8.78 Å². The van der Waals surface area contributed by atoms with E-state index in [-0.39, 0.29) is 18.4 Å². The number of carbonyl (C=O) groups is 1. The van der Waals surface area contributed by atoms with Gasteiger partial charge in [0.25, 0.3) is 5.92 Å². The summed E-state index contributed by atoms with van der Waals surface area (Å²) in [5.41, 5.74) is 0.236. The number of pyridine rings is 1. The van der Waals surface area contributed by atoms with Gasteiger partial charge in [-0.05, 0) is 12.5 Å². The van der Waals surface area contributed by atoms with Gasteiger partial charge in [0, 0.05) is 19.0 Å². The quantitative estimate of drug-likeness (QED) is 0.780. The summed E-state index contributed by atoms with van der Waals surface area (Å²) in [4.78, 5) is 15.1. The smallest absolute Gasteiger partial charge is 0.339 e. The maximum absolute atomic E-state index is 13.0. The van der Waals surface area contributed by atoms with E-state index in [1.165, 1.54) is 25.6 Å². The molecule has 1 aliphatic rings. The summed E-state index contributed by atoms with van der Waals surface area (Å²) in [6, 6.07) is 1.44. The number of hydrogen-bond acceptors (Lipinski definition) is 4. The number of carbonyl (C=O) groups excluding carboxylic acids is 1. The van der Waals surface area contributed by atoms with Gasteiger partial charge in [-0.2, -0.15) is 0 Å². The minimum absolute atomic E-state index is 0.165. The fourth-order valence-electron chi connectivity index (χ4n) is 1.92. The Morgan fingerprint density at radius 2 is 2.28 bits per heavy atom. The highest BCUT2D eigenvalue weighted by atomic mass is 19.3. The SMILES string of the molecule is COC(=O)c1cncc(O[C@H]2CCC(F)(F)C2)c1. The van der Waals surface area contributed by atoms with Crippen molar-refractivity contribution in [1.82, 2.24) is 4.98 Å². The number of esters is 1. The van der Waals surface area contributed by atoms with Gasteiger partial charge in [0.2, 0.25) is 0 Å². The van der Waals surface area contributed by atoms with E-state index in [1.54, 1.807) is 0 Å². The van der Waals surface area contributed by atoms with Crippen LogP contribution in [-0.4, -0.2) is 30.1 Å². The Hall–Kier alpha value is -1.72. The third-order valence-electron chi connectivity index (χ3n) is 2.80. The van der Waals surface area contributed by atoms with E-state index in [1.807, 2.05) is 0 Å². The summed E-state index contributed by atoms with van der Waals surface area (Å²) in [6.45, 7) is 0. The van der Waals surface area contributed by atoms with Gasteiger partial charge >= 0.3 is 5.97 Å². The Bertz CT molecular complexity index is 451. The number of aromatic nitrogens is 1. The van der Waals surface area contributed by atoms with E-state index >= 15 is 0 Å². The highest BCUT2D eigenvalue weighted by Gasteiger charge is 2.40. The third-order valence-corrected chi connectivity index (χ3v) is 2.80. The number of ether oxygens (including phenoxy) is 2. The van der Waals surface area contributed by atoms with Crippen LogP contribution in [-0.2, 0) is 4.74 Å². The normalized spacial score (nSPS) is 21.6. The summed E-state index contributed by atoms with van der Waals surface area (Å²) in [5, 5.41) is 0. The fourth-order valence-corrected chi connectivity index (χ4v) is 1.92. The van der Waals surface area contributed by atoms with Crippen LogP contribution in [0, 0.1) is 0 Å². The highest BCUT2D eigenvalue weighted by molar-refractivity contribution is 5.89. The van der Waals surface area contributed by atoms with E-state index in [9.17, 15) is 13.6 Å². The van der Waals surface area contributed by atoms with Gasteiger partial charge in [-0.3, -0.25) is 4.98 Å². The van der Waals surface area contributed by atoms with Gasteiger partial charge in [-0.1, -0.05) is 0 Å². The molecule has 0 aromatic carbocycles. The summed E-state index contributed by atoms with van der Waals surface area (Å²) in [7, 11) is 1.26. The largest absolute Gasteiger partial charge is 0.489 e. The molecule has 0 saturated heterocycles. The second-order valence-corrected chi connectivity index (χ2v) is 4.24. The van der Waals surface area contributed by atoms with Gasteiger partial charge in [-0.25, -0.2) is 13.6 Å². The van der Waals surface area contributed by atoms with Gasteiger partial charge in [0.05, 0.1) is 18.9 Å². The molecule has 1 atom stereocenters. The summed E-state index contributed by atoms with van der Waals surface area (Å²) in [6.07, 6.45) is 2.03. The molecular weight excluding hydrogens is 244 g/mol. The van der Waals surface area contributed by atoms with Gasteiger partial charge in [0.15, 0.2) is 0 Å². The minimum atomic E-state index is -2.65. The predicted octanol–water partition coefficient (Wildman–Crippen LogP) is 2.43. The number of halogens is 2. The zero-order chi connectivity index (χ0) is 13.2. The predicted molar refractivity (Wildman–Crippen MR) is 58.8 cm³/mol. The first-order chi connectivity index (χ1) is 8.50. The van der Waals surface area contributed by atoms with E-state index in [0.29, 0.717) is 12.2 Å². The monoisotopic (exact) mass is 257 g/mol. The maximum atomic E-state index is 13.0. The van der Waals surface area contributed by atoms with Crippen molar-refractivity contribution in [2.24, 2.45) is 0 Å². The lowest BCUT2D eigenvalue weighted by Gasteiger charge is -2.13. The molecule has 1 heterocycles. The zero-order valence-corrected chi connectivity index (χ0v) is 9.86. The average Bonchev–Trinajstić information content (AvgIpc) is 2.68. The Kier molecular flexibility index (Phi) is 3.45. The first-order valence-electron chi connectivity index (χ1n) is 5.58. The van der Waals surface area contributed by atoms with Crippen molar-refractivity contribution in [2.75, 3.05) is 7.11 Å². The average molecular weight is 257 g/mol.